The van der Waals surface area contributed by atoms with Crippen molar-refractivity contribution in [3.63, 3.8) is 0 Å². The van der Waals surface area contributed by atoms with Crippen LogP contribution >= 0.6 is 0 Å². The van der Waals surface area contributed by atoms with Gasteiger partial charge in [0.05, 0.1) is 0 Å². The SMILES string of the molecule is O=C(CC1CCCCC1)NC(c1ccccc1)c1nnc(N2CCCC2)o1. The van der Waals surface area contributed by atoms with Gasteiger partial charge < -0.3 is 14.6 Å². The van der Waals surface area contributed by atoms with E-state index in [0.29, 0.717) is 24.2 Å². The Kier molecular flexibility index (Phi) is 5.70. The number of aromatic nitrogens is 2. The lowest BCUT2D eigenvalue weighted by molar-refractivity contribution is -0.122. The van der Waals surface area contributed by atoms with E-state index in [1.54, 1.807) is 0 Å². The number of nitrogens with one attached hydrogen (secondary N) is 1. The Balaban J connectivity index is 1.49. The van der Waals surface area contributed by atoms with Gasteiger partial charge in [0.1, 0.15) is 6.04 Å². The third-order valence-corrected chi connectivity index (χ3v) is 5.69. The highest BCUT2D eigenvalue weighted by Gasteiger charge is 2.26. The number of carbonyl (C=O) groups excluding carboxylic acids is 1. The minimum atomic E-state index is -0.397. The summed E-state index contributed by atoms with van der Waals surface area (Å²) in [6.07, 6.45) is 8.97. The highest BCUT2D eigenvalue weighted by atomic mass is 16.4. The van der Waals surface area contributed by atoms with Gasteiger partial charge in [-0.15, -0.1) is 5.10 Å². The fourth-order valence-corrected chi connectivity index (χ4v) is 4.19. The number of hydrogen-bond donors (Lipinski definition) is 1. The van der Waals surface area contributed by atoms with Crippen LogP contribution in [-0.4, -0.2) is 29.2 Å². The van der Waals surface area contributed by atoms with E-state index in [1.165, 1.54) is 19.3 Å². The molecule has 4 rings (SSSR count). The standard InChI is InChI=1S/C21H28N4O2/c26-18(15-16-9-3-1-4-10-16)22-19(17-11-5-2-6-12-17)20-23-24-21(27-20)25-13-7-8-14-25/h2,5-6,11-12,16,19H,1,3-4,7-10,13-15H2,(H,22,26). The largest absolute Gasteiger partial charge is 0.405 e. The van der Waals surface area contributed by atoms with E-state index < -0.39 is 6.04 Å². The molecule has 0 spiro atoms. The minimum Gasteiger partial charge on any atom is -0.405 e. The lowest BCUT2D eigenvalue weighted by atomic mass is 9.87. The fraction of sp³-hybridized carbons (Fsp3) is 0.571. The molecule has 1 N–H and O–H groups in total. The predicted molar refractivity (Wildman–Crippen MR) is 103 cm³/mol. The van der Waals surface area contributed by atoms with Crippen LogP contribution < -0.4 is 10.2 Å². The van der Waals surface area contributed by atoms with Gasteiger partial charge in [0, 0.05) is 19.5 Å². The van der Waals surface area contributed by atoms with Crippen molar-refractivity contribution in [2.45, 2.75) is 57.4 Å². The van der Waals surface area contributed by atoms with Gasteiger partial charge in [-0.3, -0.25) is 4.79 Å². The Labute approximate surface area is 160 Å². The lowest BCUT2D eigenvalue weighted by Crippen LogP contribution is -2.31. The first kappa shape index (κ1) is 18.0. The summed E-state index contributed by atoms with van der Waals surface area (Å²) in [5, 5.41) is 11.6. The van der Waals surface area contributed by atoms with E-state index in [9.17, 15) is 4.79 Å². The third kappa shape index (κ3) is 4.49. The van der Waals surface area contributed by atoms with Gasteiger partial charge in [-0.2, -0.15) is 0 Å². The minimum absolute atomic E-state index is 0.0664. The molecular formula is C21H28N4O2. The molecular weight excluding hydrogens is 340 g/mol. The van der Waals surface area contributed by atoms with Crippen LogP contribution in [-0.2, 0) is 4.79 Å². The Bertz CT molecular complexity index is 734. The maximum atomic E-state index is 12.7. The van der Waals surface area contributed by atoms with Crippen LogP contribution in [0.2, 0.25) is 0 Å². The molecule has 27 heavy (non-hydrogen) atoms. The van der Waals surface area contributed by atoms with Crippen molar-refractivity contribution in [3.8, 4) is 0 Å². The molecule has 2 fully saturated rings. The number of carbonyl (C=O) groups is 1. The second-order valence-corrected chi connectivity index (χ2v) is 7.74. The van der Waals surface area contributed by atoms with E-state index in [1.807, 2.05) is 30.3 Å². The molecule has 1 aromatic carbocycles. The van der Waals surface area contributed by atoms with Crippen molar-refractivity contribution >= 4 is 11.9 Å². The second kappa shape index (κ2) is 8.55. The van der Waals surface area contributed by atoms with Crippen LogP contribution in [0, 0.1) is 5.92 Å². The molecule has 1 aliphatic heterocycles. The predicted octanol–water partition coefficient (Wildman–Crippen LogP) is 3.85. The molecule has 0 radical (unpaired) electrons. The van der Waals surface area contributed by atoms with Gasteiger partial charge in [-0.05, 0) is 37.2 Å². The van der Waals surface area contributed by atoms with Gasteiger partial charge in [-0.1, -0.05) is 54.7 Å². The lowest BCUT2D eigenvalue weighted by Gasteiger charge is -2.22. The third-order valence-electron chi connectivity index (χ3n) is 5.69. The summed E-state index contributed by atoms with van der Waals surface area (Å²) in [5.41, 5.74) is 0.964. The molecule has 1 amide bonds. The molecule has 1 aliphatic carbocycles. The number of rotatable bonds is 6. The van der Waals surface area contributed by atoms with Crippen LogP contribution in [0.5, 0.6) is 0 Å². The summed E-state index contributed by atoms with van der Waals surface area (Å²) in [6.45, 7) is 1.90. The number of nitrogens with zero attached hydrogens (tertiary/aromatic N) is 3. The maximum absolute atomic E-state index is 12.7. The zero-order valence-electron chi connectivity index (χ0n) is 15.8. The highest BCUT2D eigenvalue weighted by Crippen LogP contribution is 2.28. The monoisotopic (exact) mass is 368 g/mol. The number of hydrogen-bond acceptors (Lipinski definition) is 5. The van der Waals surface area contributed by atoms with Crippen molar-refractivity contribution in [1.82, 2.24) is 15.5 Å². The summed E-state index contributed by atoms with van der Waals surface area (Å²) in [7, 11) is 0. The zero-order chi connectivity index (χ0) is 18.5. The highest BCUT2D eigenvalue weighted by molar-refractivity contribution is 5.77. The van der Waals surface area contributed by atoms with Gasteiger partial charge in [0.2, 0.25) is 11.8 Å². The average molecular weight is 368 g/mol. The summed E-state index contributed by atoms with van der Waals surface area (Å²) in [4.78, 5) is 14.8. The topological polar surface area (TPSA) is 71.3 Å². The van der Waals surface area contributed by atoms with Crippen molar-refractivity contribution < 1.29 is 9.21 Å². The van der Waals surface area contributed by atoms with Crippen molar-refractivity contribution in [3.05, 3.63) is 41.8 Å². The summed E-state index contributed by atoms with van der Waals surface area (Å²) in [5.74, 6) is 1.02. The van der Waals surface area contributed by atoms with Gasteiger partial charge in [-0.25, -0.2) is 0 Å². The summed E-state index contributed by atoms with van der Waals surface area (Å²) < 4.78 is 5.96. The van der Waals surface area contributed by atoms with Crippen molar-refractivity contribution in [2.75, 3.05) is 18.0 Å². The molecule has 2 aliphatic rings. The first-order valence-corrected chi connectivity index (χ1v) is 10.2. The van der Waals surface area contributed by atoms with Gasteiger partial charge in [0.15, 0.2) is 0 Å². The molecule has 6 heteroatoms. The summed E-state index contributed by atoms with van der Waals surface area (Å²) in [6, 6.07) is 10.0. The quantitative estimate of drug-likeness (QED) is 0.839. The van der Waals surface area contributed by atoms with E-state index in [4.69, 9.17) is 4.42 Å². The van der Waals surface area contributed by atoms with Crippen molar-refractivity contribution in [1.29, 1.82) is 0 Å². The number of anilines is 1. The molecule has 6 nitrogen and oxygen atoms in total. The molecule has 1 unspecified atom stereocenters. The van der Waals surface area contributed by atoms with E-state index in [2.05, 4.69) is 20.4 Å². The Morgan fingerprint density at radius 1 is 1.07 bits per heavy atom. The van der Waals surface area contributed by atoms with E-state index in [0.717, 1.165) is 44.3 Å². The molecule has 2 heterocycles. The molecule has 2 aromatic rings. The fourth-order valence-electron chi connectivity index (χ4n) is 4.19. The van der Waals surface area contributed by atoms with Crippen LogP contribution in [0.15, 0.2) is 34.7 Å². The molecule has 1 aromatic heterocycles. The van der Waals surface area contributed by atoms with Crippen LogP contribution in [0.1, 0.15) is 68.9 Å². The van der Waals surface area contributed by atoms with Crippen LogP contribution in [0.4, 0.5) is 6.01 Å². The Morgan fingerprint density at radius 3 is 2.56 bits per heavy atom. The number of benzene rings is 1. The van der Waals surface area contributed by atoms with Crippen molar-refractivity contribution in [2.24, 2.45) is 5.92 Å². The molecule has 1 atom stereocenters. The molecule has 1 saturated carbocycles. The van der Waals surface area contributed by atoms with Crippen LogP contribution in [0.3, 0.4) is 0 Å². The van der Waals surface area contributed by atoms with E-state index in [-0.39, 0.29) is 5.91 Å². The summed E-state index contributed by atoms with van der Waals surface area (Å²) >= 11 is 0. The van der Waals surface area contributed by atoms with Gasteiger partial charge in [0.25, 0.3) is 0 Å². The molecule has 1 saturated heterocycles. The smallest absolute Gasteiger partial charge is 0.318 e. The number of amides is 1. The van der Waals surface area contributed by atoms with Gasteiger partial charge >= 0.3 is 6.01 Å². The molecule has 144 valence electrons. The maximum Gasteiger partial charge on any atom is 0.318 e. The first-order chi connectivity index (χ1) is 13.3. The average Bonchev–Trinajstić information content (AvgIpc) is 3.39. The second-order valence-electron chi connectivity index (χ2n) is 7.74. The Hall–Kier alpha value is -2.37. The molecule has 0 bridgehead atoms. The van der Waals surface area contributed by atoms with Crippen LogP contribution in [0.25, 0.3) is 0 Å². The first-order valence-electron chi connectivity index (χ1n) is 10.2. The zero-order valence-corrected chi connectivity index (χ0v) is 15.8. The Morgan fingerprint density at radius 2 is 1.81 bits per heavy atom. The normalized spacial score (nSPS) is 19.2. The van der Waals surface area contributed by atoms with E-state index >= 15 is 0 Å².